The van der Waals surface area contributed by atoms with E-state index >= 15 is 0 Å². The Morgan fingerprint density at radius 3 is 2.52 bits per heavy atom. The van der Waals surface area contributed by atoms with Gasteiger partial charge in [-0.3, -0.25) is 4.72 Å². The van der Waals surface area contributed by atoms with Crippen molar-refractivity contribution in [2.75, 3.05) is 10.5 Å². The molecule has 112 valence electrons. The van der Waals surface area contributed by atoms with Crippen LogP contribution in [0.2, 0.25) is 10.0 Å². The van der Waals surface area contributed by atoms with Crippen LogP contribution in [0.15, 0.2) is 39.7 Å². The maximum atomic E-state index is 12.4. The molecule has 4 nitrogen and oxygen atoms in total. The highest BCUT2D eigenvalue weighted by Gasteiger charge is 2.21. The van der Waals surface area contributed by atoms with Crippen molar-refractivity contribution in [2.24, 2.45) is 0 Å². The topological polar surface area (TPSA) is 72.2 Å². The summed E-state index contributed by atoms with van der Waals surface area (Å²) in [6, 6.07) is 7.95. The van der Waals surface area contributed by atoms with Gasteiger partial charge < -0.3 is 5.73 Å². The van der Waals surface area contributed by atoms with Crippen molar-refractivity contribution < 1.29 is 8.42 Å². The second kappa shape index (κ2) is 6.04. The zero-order chi connectivity index (χ0) is 15.8. The van der Waals surface area contributed by atoms with E-state index in [-0.39, 0.29) is 20.6 Å². The van der Waals surface area contributed by atoms with E-state index in [0.717, 1.165) is 5.56 Å². The Morgan fingerprint density at radius 2 is 1.86 bits per heavy atom. The number of nitrogen functional groups attached to an aromatic ring is 1. The number of anilines is 2. The Kier molecular flexibility index (Phi) is 4.72. The smallest absolute Gasteiger partial charge is 0.263 e. The first-order valence-electron chi connectivity index (χ1n) is 5.75. The number of hydrogen-bond donors (Lipinski definition) is 2. The van der Waals surface area contributed by atoms with Gasteiger partial charge in [-0.15, -0.1) is 0 Å². The van der Waals surface area contributed by atoms with Gasteiger partial charge in [0.05, 0.1) is 21.4 Å². The molecule has 0 saturated carbocycles. The predicted octanol–water partition coefficient (Wildman–Crippen LogP) is 4.45. The molecule has 2 aromatic carbocycles. The molecule has 2 aromatic rings. The SMILES string of the molecule is Cc1cccc(NS(=O)(=O)c2ccc(Cl)c(N)c2Cl)c1Br. The third kappa shape index (κ3) is 3.29. The predicted molar refractivity (Wildman–Crippen MR) is 90.6 cm³/mol. The fraction of sp³-hybridized carbons (Fsp3) is 0.0769. The van der Waals surface area contributed by atoms with Crippen LogP contribution in [0.4, 0.5) is 11.4 Å². The number of nitrogens with one attached hydrogen (secondary N) is 1. The fourth-order valence-electron chi connectivity index (χ4n) is 1.68. The summed E-state index contributed by atoms with van der Waals surface area (Å²) in [6.45, 7) is 1.86. The normalized spacial score (nSPS) is 11.4. The van der Waals surface area contributed by atoms with Gasteiger partial charge in [0.25, 0.3) is 10.0 Å². The summed E-state index contributed by atoms with van der Waals surface area (Å²) in [5, 5.41) is 0.106. The summed E-state index contributed by atoms with van der Waals surface area (Å²) >= 11 is 15.1. The molecule has 2 rings (SSSR count). The Balaban J connectivity index is 2.49. The van der Waals surface area contributed by atoms with Crippen molar-refractivity contribution in [1.82, 2.24) is 0 Å². The minimum atomic E-state index is -3.87. The Hall–Kier alpha value is -0.950. The minimum absolute atomic E-state index is 0.0320. The summed E-state index contributed by atoms with van der Waals surface area (Å²) in [5.74, 6) is 0. The highest BCUT2D eigenvalue weighted by molar-refractivity contribution is 9.10. The monoisotopic (exact) mass is 408 g/mol. The van der Waals surface area contributed by atoms with E-state index in [1.807, 2.05) is 13.0 Å². The van der Waals surface area contributed by atoms with Gasteiger partial charge in [0.15, 0.2) is 0 Å². The van der Waals surface area contributed by atoms with Crippen LogP contribution in [0.25, 0.3) is 0 Å². The van der Waals surface area contributed by atoms with Crippen molar-refractivity contribution in [1.29, 1.82) is 0 Å². The molecule has 0 spiro atoms. The lowest BCUT2D eigenvalue weighted by Gasteiger charge is -2.13. The van der Waals surface area contributed by atoms with Crippen LogP contribution in [0.1, 0.15) is 5.56 Å². The molecule has 0 amide bonds. The number of halogens is 3. The average Bonchev–Trinajstić information content (AvgIpc) is 2.41. The molecular weight excluding hydrogens is 399 g/mol. The number of sulfonamides is 1. The molecule has 3 N–H and O–H groups in total. The number of aryl methyl sites for hydroxylation is 1. The maximum Gasteiger partial charge on any atom is 0.263 e. The van der Waals surface area contributed by atoms with Gasteiger partial charge in [0.2, 0.25) is 0 Å². The highest BCUT2D eigenvalue weighted by atomic mass is 79.9. The van der Waals surface area contributed by atoms with E-state index in [1.54, 1.807) is 12.1 Å². The minimum Gasteiger partial charge on any atom is -0.396 e. The first-order valence-corrected chi connectivity index (χ1v) is 8.78. The van der Waals surface area contributed by atoms with Gasteiger partial charge in [0, 0.05) is 4.47 Å². The zero-order valence-corrected chi connectivity index (χ0v) is 14.7. The van der Waals surface area contributed by atoms with Gasteiger partial charge in [-0.25, -0.2) is 8.42 Å². The van der Waals surface area contributed by atoms with E-state index in [4.69, 9.17) is 28.9 Å². The standard InChI is InChI=1S/C13H11BrCl2N2O2S/c1-7-3-2-4-9(11(7)14)18-21(19,20)10-6-5-8(15)13(17)12(10)16/h2-6,18H,17H2,1H3. The summed E-state index contributed by atoms with van der Waals surface area (Å²) in [5.41, 5.74) is 7.01. The lowest BCUT2D eigenvalue weighted by Crippen LogP contribution is -2.14. The molecule has 0 aliphatic rings. The van der Waals surface area contributed by atoms with E-state index in [0.29, 0.717) is 10.2 Å². The molecular formula is C13H11BrCl2N2O2S. The molecule has 0 radical (unpaired) electrons. The quantitative estimate of drug-likeness (QED) is 0.735. The van der Waals surface area contributed by atoms with Crippen LogP contribution in [0.3, 0.4) is 0 Å². The molecule has 0 aliphatic carbocycles. The summed E-state index contributed by atoms with van der Waals surface area (Å²) in [6.07, 6.45) is 0. The summed E-state index contributed by atoms with van der Waals surface area (Å²) in [7, 11) is -3.87. The van der Waals surface area contributed by atoms with Crippen LogP contribution in [0.5, 0.6) is 0 Å². The molecule has 0 atom stereocenters. The molecule has 0 bridgehead atoms. The van der Waals surface area contributed by atoms with Crippen LogP contribution < -0.4 is 10.5 Å². The van der Waals surface area contributed by atoms with E-state index < -0.39 is 10.0 Å². The van der Waals surface area contributed by atoms with Gasteiger partial charge in [-0.1, -0.05) is 35.3 Å². The molecule has 21 heavy (non-hydrogen) atoms. The number of hydrogen-bond acceptors (Lipinski definition) is 3. The van der Waals surface area contributed by atoms with Gasteiger partial charge in [0.1, 0.15) is 4.90 Å². The number of nitrogens with two attached hydrogens (primary N) is 1. The van der Waals surface area contributed by atoms with E-state index in [1.165, 1.54) is 12.1 Å². The van der Waals surface area contributed by atoms with Crippen molar-refractivity contribution in [3.05, 3.63) is 50.4 Å². The molecule has 0 aromatic heterocycles. The lowest BCUT2D eigenvalue weighted by molar-refractivity contribution is 0.601. The van der Waals surface area contributed by atoms with E-state index in [9.17, 15) is 8.42 Å². The van der Waals surface area contributed by atoms with Crippen LogP contribution in [-0.2, 0) is 10.0 Å². The first kappa shape index (κ1) is 16.4. The van der Waals surface area contributed by atoms with Crippen molar-refractivity contribution in [3.8, 4) is 0 Å². The number of benzene rings is 2. The second-order valence-electron chi connectivity index (χ2n) is 4.32. The Labute approximate surface area is 141 Å². The van der Waals surface area contributed by atoms with Crippen molar-refractivity contribution >= 4 is 60.5 Å². The third-order valence-corrected chi connectivity index (χ3v) is 6.13. The molecule has 0 saturated heterocycles. The highest BCUT2D eigenvalue weighted by Crippen LogP contribution is 2.35. The summed E-state index contributed by atoms with van der Waals surface area (Å²) < 4.78 is 28.0. The van der Waals surface area contributed by atoms with Gasteiger partial charge in [-0.2, -0.15) is 0 Å². The molecule has 8 heteroatoms. The second-order valence-corrected chi connectivity index (χ2v) is 7.54. The molecule has 0 unspecified atom stereocenters. The zero-order valence-electron chi connectivity index (χ0n) is 10.8. The third-order valence-electron chi connectivity index (χ3n) is 2.82. The lowest BCUT2D eigenvalue weighted by atomic mass is 10.2. The van der Waals surface area contributed by atoms with Crippen molar-refractivity contribution in [2.45, 2.75) is 11.8 Å². The van der Waals surface area contributed by atoms with Crippen LogP contribution in [0, 0.1) is 6.92 Å². The van der Waals surface area contributed by atoms with Crippen molar-refractivity contribution in [3.63, 3.8) is 0 Å². The molecule has 0 aliphatic heterocycles. The first-order chi connectivity index (χ1) is 9.74. The molecule has 0 fully saturated rings. The summed E-state index contributed by atoms with van der Waals surface area (Å²) in [4.78, 5) is -0.125. The number of rotatable bonds is 3. The Morgan fingerprint density at radius 1 is 1.19 bits per heavy atom. The molecule has 0 heterocycles. The largest absolute Gasteiger partial charge is 0.396 e. The average molecular weight is 410 g/mol. The maximum absolute atomic E-state index is 12.4. The Bertz CT molecular complexity index is 810. The fourth-order valence-corrected chi connectivity index (χ4v) is 4.02. The van der Waals surface area contributed by atoms with Crippen LogP contribution in [-0.4, -0.2) is 8.42 Å². The van der Waals surface area contributed by atoms with Gasteiger partial charge >= 0.3 is 0 Å². The van der Waals surface area contributed by atoms with Crippen LogP contribution >= 0.6 is 39.1 Å². The van der Waals surface area contributed by atoms with Gasteiger partial charge in [-0.05, 0) is 46.6 Å². The van der Waals surface area contributed by atoms with E-state index in [2.05, 4.69) is 20.7 Å².